The molecule has 50 heavy (non-hydrogen) atoms. The molecule has 0 N–H and O–H groups in total. The summed E-state index contributed by atoms with van der Waals surface area (Å²) in [7, 11) is 0. The number of rotatable bonds is 1. The van der Waals surface area contributed by atoms with Crippen molar-refractivity contribution in [2.45, 2.75) is 17.3 Å². The van der Waals surface area contributed by atoms with Crippen LogP contribution in [0.2, 0.25) is 0 Å². The zero-order chi connectivity index (χ0) is 32.6. The third-order valence-corrected chi connectivity index (χ3v) is 12.2. The van der Waals surface area contributed by atoms with E-state index in [0.717, 1.165) is 0 Å². The van der Waals surface area contributed by atoms with Gasteiger partial charge in [0.25, 0.3) is 0 Å². The summed E-state index contributed by atoms with van der Waals surface area (Å²) in [6.45, 7) is 0. The minimum atomic E-state index is -0.402. The number of benzene rings is 7. The maximum Gasteiger partial charge on any atom is 0.0725 e. The first-order valence-corrected chi connectivity index (χ1v) is 17.8. The number of hydrogen-bond acceptors (Lipinski definition) is 0. The molecule has 1 heteroatoms. The summed E-state index contributed by atoms with van der Waals surface area (Å²) in [6.07, 6.45) is 9.29. The summed E-state index contributed by atoms with van der Waals surface area (Å²) >= 11 is 0. The lowest BCUT2D eigenvalue weighted by molar-refractivity contribution is 0.718. The summed E-state index contributed by atoms with van der Waals surface area (Å²) < 4.78 is 2.46. The topological polar surface area (TPSA) is 4.93 Å². The van der Waals surface area contributed by atoms with Crippen molar-refractivity contribution in [1.82, 2.24) is 4.57 Å². The van der Waals surface area contributed by atoms with Gasteiger partial charge >= 0.3 is 0 Å². The van der Waals surface area contributed by atoms with Gasteiger partial charge in [0.1, 0.15) is 0 Å². The Bertz CT molecular complexity index is 2740. The van der Waals surface area contributed by atoms with E-state index in [1.54, 1.807) is 0 Å². The zero-order valence-electron chi connectivity index (χ0n) is 27.3. The highest BCUT2D eigenvalue weighted by atomic mass is 15.0. The van der Waals surface area contributed by atoms with Crippen molar-refractivity contribution in [2.24, 2.45) is 0 Å². The van der Waals surface area contributed by atoms with Gasteiger partial charge in [0.15, 0.2) is 0 Å². The van der Waals surface area contributed by atoms with Gasteiger partial charge in [-0.15, -0.1) is 0 Å². The monoisotopic (exact) mass is 633 g/mol. The first-order chi connectivity index (χ1) is 24.8. The number of aromatic nitrogens is 1. The van der Waals surface area contributed by atoms with Crippen LogP contribution in [-0.2, 0) is 5.41 Å². The number of hydrogen-bond donors (Lipinski definition) is 0. The van der Waals surface area contributed by atoms with Gasteiger partial charge in [0, 0.05) is 28.3 Å². The Hall–Kier alpha value is -6.18. The average Bonchev–Trinajstić information content (AvgIpc) is 3.79. The van der Waals surface area contributed by atoms with E-state index < -0.39 is 5.41 Å². The highest BCUT2D eigenvalue weighted by Crippen LogP contribution is 2.64. The van der Waals surface area contributed by atoms with Gasteiger partial charge < -0.3 is 4.57 Å². The van der Waals surface area contributed by atoms with E-state index in [-0.39, 0.29) is 0 Å². The third kappa shape index (κ3) is 3.15. The molecule has 1 nitrogen and oxygen atoms in total. The maximum atomic E-state index is 2.59. The van der Waals surface area contributed by atoms with E-state index in [4.69, 9.17) is 0 Å². The average molecular weight is 634 g/mol. The molecule has 0 saturated heterocycles. The van der Waals surface area contributed by atoms with Crippen LogP contribution >= 0.6 is 0 Å². The highest BCUT2D eigenvalue weighted by Gasteiger charge is 2.52. The molecule has 0 radical (unpaired) electrons. The summed E-state index contributed by atoms with van der Waals surface area (Å²) in [5.74, 6) is 0.646. The lowest BCUT2D eigenvalue weighted by atomic mass is 9.66. The van der Waals surface area contributed by atoms with Crippen LogP contribution in [0.25, 0.3) is 60.9 Å². The molecular formula is C49H31N. The first kappa shape index (κ1) is 26.7. The molecule has 8 aromatic rings. The Morgan fingerprint density at radius 1 is 0.380 bits per heavy atom. The summed E-state index contributed by atoms with van der Waals surface area (Å²) in [6, 6.07) is 57.5. The molecule has 12 rings (SSSR count). The number of nitrogens with zero attached hydrogens (tertiary/aromatic N) is 1. The van der Waals surface area contributed by atoms with Crippen LogP contribution in [-0.4, -0.2) is 4.57 Å². The molecule has 0 fully saturated rings. The largest absolute Gasteiger partial charge is 0.309 e. The molecular weight excluding hydrogens is 603 g/mol. The van der Waals surface area contributed by atoms with Gasteiger partial charge in [-0.2, -0.15) is 0 Å². The summed E-state index contributed by atoms with van der Waals surface area (Å²) in [5.41, 5.74) is 19.8. The molecule has 2 unspecified atom stereocenters. The van der Waals surface area contributed by atoms with Crippen LogP contribution in [0.1, 0.15) is 45.2 Å². The van der Waals surface area contributed by atoms with Gasteiger partial charge in [-0.1, -0.05) is 140 Å². The number of fused-ring (bicyclic) bond motifs is 19. The van der Waals surface area contributed by atoms with Crippen LogP contribution < -0.4 is 0 Å². The fourth-order valence-corrected chi connectivity index (χ4v) is 10.3. The lowest BCUT2D eigenvalue weighted by Gasteiger charge is -2.36. The zero-order valence-corrected chi connectivity index (χ0v) is 27.3. The third-order valence-electron chi connectivity index (χ3n) is 12.2. The van der Waals surface area contributed by atoms with Gasteiger partial charge in [0.2, 0.25) is 0 Å². The van der Waals surface area contributed by atoms with Crippen LogP contribution in [0.3, 0.4) is 0 Å². The van der Waals surface area contributed by atoms with Crippen LogP contribution in [0.5, 0.6) is 0 Å². The quantitative estimate of drug-likeness (QED) is 0.169. The van der Waals surface area contributed by atoms with Crippen LogP contribution in [0.15, 0.2) is 176 Å². The Balaban J connectivity index is 1.22. The van der Waals surface area contributed by atoms with E-state index in [1.807, 2.05) is 0 Å². The second-order valence-corrected chi connectivity index (χ2v) is 14.3. The molecule has 4 aliphatic carbocycles. The van der Waals surface area contributed by atoms with Crippen molar-refractivity contribution in [3.63, 3.8) is 0 Å². The Morgan fingerprint density at radius 2 is 0.920 bits per heavy atom. The summed E-state index contributed by atoms with van der Waals surface area (Å²) in [4.78, 5) is 0. The smallest absolute Gasteiger partial charge is 0.0725 e. The maximum absolute atomic E-state index is 2.59. The Labute approximate surface area is 291 Å². The molecule has 2 atom stereocenters. The molecule has 1 aromatic heterocycles. The Morgan fingerprint density at radius 3 is 1.62 bits per heavy atom. The minimum Gasteiger partial charge on any atom is -0.309 e. The fourth-order valence-electron chi connectivity index (χ4n) is 10.3. The van der Waals surface area contributed by atoms with Crippen molar-refractivity contribution in [3.8, 4) is 39.1 Å². The number of allylic oxidation sites excluding steroid dienone is 4. The summed E-state index contributed by atoms with van der Waals surface area (Å²) in [5, 5.41) is 2.57. The molecule has 0 saturated carbocycles. The SMILES string of the molecule is C1=CC2c3ccccc3-c3cc4c(cc3C2C=C1)-c1cc(-n2c3ccccc3c3ccccc32)ccc1C41c2ccccc2-c2ccccc21. The molecule has 0 aliphatic heterocycles. The second kappa shape index (κ2) is 9.49. The van der Waals surface area contributed by atoms with E-state index in [0.29, 0.717) is 11.8 Å². The molecule has 7 aromatic carbocycles. The van der Waals surface area contributed by atoms with E-state index >= 15 is 0 Å². The van der Waals surface area contributed by atoms with Crippen molar-refractivity contribution >= 4 is 21.8 Å². The standard InChI is InChI=1S/C49H31N/c1-3-15-33-31(13-1)32-14-2-4-16-34(32)40-29-46-42(28-39(33)40)41-27-30(50-47-23-11-7-19-37(47)38-20-8-12-24-48(38)50)25-26-45(41)49(46)43-21-9-5-17-35(43)36-18-6-10-22-44(36)49/h1-29,31,33H. The predicted octanol–water partition coefficient (Wildman–Crippen LogP) is 12.1. The van der Waals surface area contributed by atoms with Crippen molar-refractivity contribution in [2.75, 3.05) is 0 Å². The second-order valence-electron chi connectivity index (χ2n) is 14.3. The van der Waals surface area contributed by atoms with Crippen molar-refractivity contribution < 1.29 is 0 Å². The molecule has 0 bridgehead atoms. The van der Waals surface area contributed by atoms with Gasteiger partial charge in [-0.05, 0) is 103 Å². The first-order valence-electron chi connectivity index (χ1n) is 17.8. The Kier molecular flexibility index (Phi) is 5.08. The highest BCUT2D eigenvalue weighted by molar-refractivity contribution is 6.09. The van der Waals surface area contributed by atoms with E-state index in [1.165, 1.54) is 94.3 Å². The molecule has 232 valence electrons. The molecule has 1 spiro atoms. The fraction of sp³-hybridized carbons (Fsp3) is 0.0612. The van der Waals surface area contributed by atoms with Crippen molar-refractivity contribution in [3.05, 3.63) is 209 Å². The van der Waals surface area contributed by atoms with Gasteiger partial charge in [-0.3, -0.25) is 0 Å². The van der Waals surface area contributed by atoms with Crippen LogP contribution in [0, 0.1) is 0 Å². The lowest BCUT2D eigenvalue weighted by Crippen LogP contribution is -2.26. The molecule has 1 heterocycles. The normalized spacial score (nSPS) is 18.0. The van der Waals surface area contributed by atoms with E-state index in [9.17, 15) is 0 Å². The molecule has 0 amide bonds. The predicted molar refractivity (Wildman–Crippen MR) is 206 cm³/mol. The van der Waals surface area contributed by atoms with Gasteiger partial charge in [-0.25, -0.2) is 0 Å². The number of para-hydroxylation sites is 2. The van der Waals surface area contributed by atoms with Crippen molar-refractivity contribution in [1.29, 1.82) is 0 Å². The van der Waals surface area contributed by atoms with E-state index in [2.05, 4.69) is 181 Å². The molecule has 4 aliphatic rings. The van der Waals surface area contributed by atoms with Crippen LogP contribution in [0.4, 0.5) is 0 Å². The van der Waals surface area contributed by atoms with Gasteiger partial charge in [0.05, 0.1) is 16.4 Å². The minimum absolute atomic E-state index is 0.305.